The van der Waals surface area contributed by atoms with Gasteiger partial charge in [-0.1, -0.05) is 39.8 Å². The quantitative estimate of drug-likeness (QED) is 0.813. The molecule has 0 aliphatic heterocycles. The van der Waals surface area contributed by atoms with Gasteiger partial charge in [0, 0.05) is 13.2 Å². The maximum Gasteiger partial charge on any atom is 0.240 e. The summed E-state index contributed by atoms with van der Waals surface area (Å²) in [6.45, 7) is 8.35. The molecule has 1 aromatic rings. The second kappa shape index (κ2) is 6.70. The first-order valence-electron chi connectivity index (χ1n) is 6.88. The Bertz CT molecular complexity index is 519. The third-order valence-corrected chi connectivity index (χ3v) is 4.80. The summed E-state index contributed by atoms with van der Waals surface area (Å²) in [7, 11) is -3.49. The lowest BCUT2D eigenvalue weighted by Gasteiger charge is -2.23. The van der Waals surface area contributed by atoms with Crippen LogP contribution in [0.25, 0.3) is 0 Å². The third kappa shape index (κ3) is 4.89. The van der Waals surface area contributed by atoms with Crippen molar-refractivity contribution >= 4 is 10.0 Å². The number of nitrogens with one attached hydrogen (secondary N) is 1. The molecular formula is C15H25NO3S. The van der Waals surface area contributed by atoms with Gasteiger partial charge in [0.05, 0.1) is 4.90 Å². The summed E-state index contributed by atoms with van der Waals surface area (Å²) in [6, 6.07) is 6.96. The molecule has 0 radical (unpaired) electrons. The zero-order valence-electron chi connectivity index (χ0n) is 12.7. The second-order valence-corrected chi connectivity index (χ2v) is 7.95. The smallest absolute Gasteiger partial charge is 0.240 e. The lowest BCUT2D eigenvalue weighted by atomic mass is 9.90. The molecule has 5 heteroatoms. The predicted octanol–water partition coefficient (Wildman–Crippen LogP) is 2.50. The first kappa shape index (κ1) is 17.1. The summed E-state index contributed by atoms with van der Waals surface area (Å²) in [5, 5.41) is 8.95. The van der Waals surface area contributed by atoms with Gasteiger partial charge >= 0.3 is 0 Å². The van der Waals surface area contributed by atoms with Gasteiger partial charge < -0.3 is 5.11 Å². The molecule has 2 N–H and O–H groups in total. The minimum atomic E-state index is -3.49. The van der Waals surface area contributed by atoms with Gasteiger partial charge in [-0.25, -0.2) is 13.1 Å². The minimum Gasteiger partial charge on any atom is -0.396 e. The molecule has 0 aliphatic rings. The fraction of sp³-hybridized carbons (Fsp3) is 0.600. The highest BCUT2D eigenvalue weighted by Crippen LogP contribution is 2.21. The molecule has 4 nitrogen and oxygen atoms in total. The van der Waals surface area contributed by atoms with Crippen LogP contribution in [0.15, 0.2) is 29.2 Å². The van der Waals surface area contributed by atoms with Crippen molar-refractivity contribution in [1.29, 1.82) is 0 Å². The Hall–Kier alpha value is -0.910. The number of rotatable bonds is 7. The molecule has 0 saturated heterocycles. The zero-order valence-corrected chi connectivity index (χ0v) is 13.5. The maximum atomic E-state index is 12.2. The monoisotopic (exact) mass is 299 g/mol. The van der Waals surface area contributed by atoms with Gasteiger partial charge in [0.25, 0.3) is 0 Å². The highest BCUT2D eigenvalue weighted by molar-refractivity contribution is 7.89. The summed E-state index contributed by atoms with van der Waals surface area (Å²) in [6.07, 6.45) is 0.557. The van der Waals surface area contributed by atoms with Crippen molar-refractivity contribution in [3.8, 4) is 0 Å². The average molecular weight is 299 g/mol. The van der Waals surface area contributed by atoms with Gasteiger partial charge in [-0.05, 0) is 35.4 Å². The molecule has 0 spiro atoms. The molecule has 0 aliphatic carbocycles. The van der Waals surface area contributed by atoms with Crippen molar-refractivity contribution in [3.05, 3.63) is 29.8 Å². The van der Waals surface area contributed by atoms with E-state index >= 15 is 0 Å². The van der Waals surface area contributed by atoms with Crippen LogP contribution in [0.5, 0.6) is 0 Å². The van der Waals surface area contributed by atoms with Crippen LogP contribution in [-0.2, 0) is 10.0 Å². The number of benzene rings is 1. The molecule has 0 atom stereocenters. The molecular weight excluding hydrogens is 274 g/mol. The maximum absolute atomic E-state index is 12.2. The van der Waals surface area contributed by atoms with Crippen LogP contribution in [0.4, 0.5) is 0 Å². The van der Waals surface area contributed by atoms with Crippen molar-refractivity contribution in [2.24, 2.45) is 5.41 Å². The van der Waals surface area contributed by atoms with E-state index in [-0.39, 0.29) is 16.9 Å². The average Bonchev–Trinajstić information content (AvgIpc) is 2.37. The van der Waals surface area contributed by atoms with Crippen molar-refractivity contribution < 1.29 is 13.5 Å². The molecule has 0 bridgehead atoms. The Morgan fingerprint density at radius 2 is 1.75 bits per heavy atom. The number of sulfonamides is 1. The molecule has 0 heterocycles. The molecule has 0 amide bonds. The normalized spacial score (nSPS) is 12.9. The van der Waals surface area contributed by atoms with E-state index in [4.69, 9.17) is 5.11 Å². The van der Waals surface area contributed by atoms with E-state index in [2.05, 4.69) is 18.6 Å². The molecule has 0 saturated carbocycles. The molecule has 0 unspecified atom stereocenters. The zero-order chi connectivity index (χ0) is 15.4. The molecule has 0 fully saturated rings. The van der Waals surface area contributed by atoms with Crippen LogP contribution >= 0.6 is 0 Å². The number of aliphatic hydroxyl groups is 1. The Morgan fingerprint density at radius 3 is 2.20 bits per heavy atom. The Labute approximate surface area is 122 Å². The van der Waals surface area contributed by atoms with Crippen molar-refractivity contribution in [1.82, 2.24) is 4.72 Å². The third-order valence-electron chi connectivity index (χ3n) is 3.39. The van der Waals surface area contributed by atoms with E-state index in [1.165, 1.54) is 0 Å². The second-order valence-electron chi connectivity index (χ2n) is 6.19. The number of hydrogen-bond donors (Lipinski definition) is 2. The van der Waals surface area contributed by atoms with E-state index in [9.17, 15) is 8.42 Å². The van der Waals surface area contributed by atoms with Crippen LogP contribution in [0.1, 0.15) is 45.6 Å². The van der Waals surface area contributed by atoms with Gasteiger partial charge in [-0.2, -0.15) is 0 Å². The summed E-state index contributed by atoms with van der Waals surface area (Å²) in [5.74, 6) is 0.378. The summed E-state index contributed by atoms with van der Waals surface area (Å²) in [4.78, 5) is 0.279. The van der Waals surface area contributed by atoms with Crippen LogP contribution in [0.2, 0.25) is 0 Å². The van der Waals surface area contributed by atoms with Crippen molar-refractivity contribution in [2.75, 3.05) is 13.2 Å². The summed E-state index contributed by atoms with van der Waals surface area (Å²) >= 11 is 0. The Kier molecular flexibility index (Phi) is 5.74. The van der Waals surface area contributed by atoms with E-state index < -0.39 is 10.0 Å². The SMILES string of the molecule is CC(C)c1ccc(S(=O)(=O)NCC(C)(C)CCO)cc1. The van der Waals surface area contributed by atoms with E-state index in [0.717, 1.165) is 5.56 Å². The molecule has 0 aromatic heterocycles. The van der Waals surface area contributed by atoms with E-state index in [1.54, 1.807) is 12.1 Å². The largest absolute Gasteiger partial charge is 0.396 e. The molecule has 20 heavy (non-hydrogen) atoms. The summed E-state index contributed by atoms with van der Waals surface area (Å²) < 4.78 is 27.0. The van der Waals surface area contributed by atoms with Crippen molar-refractivity contribution in [2.45, 2.75) is 44.9 Å². The number of hydrogen-bond acceptors (Lipinski definition) is 3. The van der Waals surface area contributed by atoms with Crippen LogP contribution in [0.3, 0.4) is 0 Å². The fourth-order valence-electron chi connectivity index (χ4n) is 1.80. The molecule has 1 aromatic carbocycles. The van der Waals surface area contributed by atoms with Gasteiger partial charge in [0.1, 0.15) is 0 Å². The van der Waals surface area contributed by atoms with Gasteiger partial charge in [0.15, 0.2) is 0 Å². The first-order chi connectivity index (χ1) is 9.18. The lowest BCUT2D eigenvalue weighted by molar-refractivity contribution is 0.213. The van der Waals surface area contributed by atoms with Crippen LogP contribution in [-0.4, -0.2) is 26.7 Å². The van der Waals surface area contributed by atoms with Gasteiger partial charge in [-0.15, -0.1) is 0 Å². The molecule has 1 rings (SSSR count). The Balaban J connectivity index is 2.79. The lowest BCUT2D eigenvalue weighted by Crippen LogP contribution is -2.34. The molecule has 114 valence electrons. The summed E-state index contributed by atoms with van der Waals surface area (Å²) in [5.41, 5.74) is 0.851. The van der Waals surface area contributed by atoms with Crippen molar-refractivity contribution in [3.63, 3.8) is 0 Å². The van der Waals surface area contributed by atoms with Crippen LogP contribution < -0.4 is 4.72 Å². The van der Waals surface area contributed by atoms with E-state index in [0.29, 0.717) is 18.9 Å². The number of aliphatic hydroxyl groups excluding tert-OH is 1. The van der Waals surface area contributed by atoms with E-state index in [1.807, 2.05) is 26.0 Å². The topological polar surface area (TPSA) is 66.4 Å². The highest BCUT2D eigenvalue weighted by Gasteiger charge is 2.21. The fourth-order valence-corrected chi connectivity index (χ4v) is 3.04. The highest BCUT2D eigenvalue weighted by atomic mass is 32.2. The van der Waals surface area contributed by atoms with Gasteiger partial charge in [-0.3, -0.25) is 0 Å². The van der Waals surface area contributed by atoms with Crippen LogP contribution in [0, 0.1) is 5.41 Å². The van der Waals surface area contributed by atoms with Gasteiger partial charge in [0.2, 0.25) is 10.0 Å². The Morgan fingerprint density at radius 1 is 1.20 bits per heavy atom. The minimum absolute atomic E-state index is 0.0534. The first-order valence-corrected chi connectivity index (χ1v) is 8.37. The predicted molar refractivity (Wildman–Crippen MR) is 81.2 cm³/mol. The standard InChI is InChI=1S/C15H25NO3S/c1-12(2)13-5-7-14(8-6-13)20(18,19)16-11-15(3,4)9-10-17/h5-8,12,16-17H,9-11H2,1-4H3.